The number of fused-ring (bicyclic) bond motifs is 1. The summed E-state index contributed by atoms with van der Waals surface area (Å²) in [4.78, 5) is 40.8. The number of hydrogen-bond acceptors (Lipinski definition) is 7. The van der Waals surface area contributed by atoms with Crippen molar-refractivity contribution in [2.45, 2.75) is 32.6 Å². The third-order valence-corrected chi connectivity index (χ3v) is 8.03. The van der Waals surface area contributed by atoms with Gasteiger partial charge in [0.2, 0.25) is 0 Å². The monoisotopic (exact) mass is 486 g/mol. The molecule has 6 nitrogen and oxygen atoms in total. The Morgan fingerprint density at radius 3 is 2.59 bits per heavy atom. The van der Waals surface area contributed by atoms with E-state index in [0.29, 0.717) is 25.4 Å². The summed E-state index contributed by atoms with van der Waals surface area (Å²) in [6, 6.07) is 6.96. The third kappa shape index (κ3) is 4.51. The minimum Gasteiger partial charge on any atom is -0.462 e. The van der Waals surface area contributed by atoms with Crippen LogP contribution < -0.4 is 5.32 Å². The van der Waals surface area contributed by atoms with Crippen LogP contribution in [0.5, 0.6) is 0 Å². The molecule has 0 saturated carbocycles. The van der Waals surface area contributed by atoms with Crippen molar-refractivity contribution in [2.24, 2.45) is 0 Å². The largest absolute Gasteiger partial charge is 0.462 e. The fraction of sp³-hybridized carbons (Fsp3) is 0.304. The molecule has 2 heterocycles. The van der Waals surface area contributed by atoms with Gasteiger partial charge in [0.15, 0.2) is 0 Å². The lowest BCUT2D eigenvalue weighted by Gasteiger charge is -2.12. The van der Waals surface area contributed by atoms with Gasteiger partial charge < -0.3 is 10.1 Å². The van der Waals surface area contributed by atoms with E-state index in [1.165, 1.54) is 28.0 Å². The van der Waals surface area contributed by atoms with Gasteiger partial charge in [-0.3, -0.25) is 14.5 Å². The van der Waals surface area contributed by atoms with E-state index in [0.717, 1.165) is 41.7 Å². The van der Waals surface area contributed by atoms with Crippen LogP contribution in [0.4, 0.5) is 5.00 Å². The molecule has 0 bridgehead atoms. The molecule has 2 aromatic rings. The van der Waals surface area contributed by atoms with Gasteiger partial charge in [0, 0.05) is 17.5 Å². The standard InChI is InChI=1S/C23H22N2O4S3/c1-3-29-22(28)18-15-6-4-5-7-16(15)31-20(18)24-19(26)14-10-8-13(9-11-14)12-17-21(27)25(2)23(30)32-17/h8-12H,3-7H2,1-2H3,(H,24,26)/b17-12-. The summed E-state index contributed by atoms with van der Waals surface area (Å²) in [5, 5.41) is 3.47. The highest BCUT2D eigenvalue weighted by Crippen LogP contribution is 2.39. The molecule has 0 atom stereocenters. The molecule has 1 fully saturated rings. The van der Waals surface area contributed by atoms with Crippen molar-refractivity contribution in [1.29, 1.82) is 0 Å². The first kappa shape index (κ1) is 22.7. The molecule has 2 amide bonds. The normalized spacial score (nSPS) is 16.9. The van der Waals surface area contributed by atoms with Crippen LogP contribution in [-0.2, 0) is 22.4 Å². The molecule has 1 aromatic carbocycles. The molecule has 0 spiro atoms. The van der Waals surface area contributed by atoms with Gasteiger partial charge in [-0.05, 0) is 61.9 Å². The van der Waals surface area contributed by atoms with Gasteiger partial charge in [-0.15, -0.1) is 11.3 Å². The number of ether oxygens (including phenoxy) is 1. The summed E-state index contributed by atoms with van der Waals surface area (Å²) in [7, 11) is 1.65. The van der Waals surface area contributed by atoms with Crippen molar-refractivity contribution in [2.75, 3.05) is 19.0 Å². The van der Waals surface area contributed by atoms with E-state index in [1.54, 1.807) is 44.3 Å². The Morgan fingerprint density at radius 2 is 1.94 bits per heavy atom. The number of likely N-dealkylation sites (N-methyl/N-ethyl adjacent to an activating group) is 1. The molecular weight excluding hydrogens is 464 g/mol. The second kappa shape index (κ2) is 9.56. The van der Waals surface area contributed by atoms with Crippen LogP contribution in [0.1, 0.15) is 56.5 Å². The van der Waals surface area contributed by atoms with Gasteiger partial charge >= 0.3 is 5.97 Å². The van der Waals surface area contributed by atoms with E-state index in [2.05, 4.69) is 5.32 Å². The number of thiophene rings is 1. The molecule has 0 radical (unpaired) electrons. The number of benzene rings is 1. The number of nitrogens with one attached hydrogen (secondary N) is 1. The van der Waals surface area contributed by atoms with Crippen LogP contribution in [0.15, 0.2) is 29.2 Å². The first-order chi connectivity index (χ1) is 15.4. The topological polar surface area (TPSA) is 75.7 Å². The maximum atomic E-state index is 12.9. The zero-order chi connectivity index (χ0) is 22.8. The number of thioether (sulfide) groups is 1. The lowest BCUT2D eigenvalue weighted by atomic mass is 9.95. The molecule has 1 aromatic heterocycles. The SMILES string of the molecule is CCOC(=O)c1c(NC(=O)c2ccc(/C=C3\SC(=S)N(C)C3=O)cc2)sc2c1CCCC2. The minimum atomic E-state index is -0.384. The predicted octanol–water partition coefficient (Wildman–Crippen LogP) is 4.89. The average Bonchev–Trinajstić information content (AvgIpc) is 3.26. The Morgan fingerprint density at radius 1 is 1.22 bits per heavy atom. The highest BCUT2D eigenvalue weighted by Gasteiger charge is 2.29. The van der Waals surface area contributed by atoms with E-state index in [9.17, 15) is 14.4 Å². The van der Waals surface area contributed by atoms with Gasteiger partial charge in [-0.1, -0.05) is 36.1 Å². The number of aryl methyl sites for hydroxylation is 1. The summed E-state index contributed by atoms with van der Waals surface area (Å²) < 4.78 is 5.77. The second-order valence-corrected chi connectivity index (χ2v) is 10.2. The molecule has 9 heteroatoms. The number of hydrogen-bond donors (Lipinski definition) is 1. The highest BCUT2D eigenvalue weighted by atomic mass is 32.2. The summed E-state index contributed by atoms with van der Waals surface area (Å²) in [6.45, 7) is 2.06. The minimum absolute atomic E-state index is 0.130. The first-order valence-corrected chi connectivity index (χ1v) is 12.4. The summed E-state index contributed by atoms with van der Waals surface area (Å²) >= 11 is 7.87. The third-order valence-electron chi connectivity index (χ3n) is 5.34. The van der Waals surface area contributed by atoms with E-state index in [-0.39, 0.29) is 24.4 Å². The highest BCUT2D eigenvalue weighted by molar-refractivity contribution is 8.26. The van der Waals surface area contributed by atoms with Crippen LogP contribution in [0, 0.1) is 0 Å². The quantitative estimate of drug-likeness (QED) is 0.369. The van der Waals surface area contributed by atoms with Gasteiger partial charge in [0.25, 0.3) is 11.8 Å². The Bertz CT molecular complexity index is 1130. The first-order valence-electron chi connectivity index (χ1n) is 10.3. The van der Waals surface area contributed by atoms with Gasteiger partial charge in [0.05, 0.1) is 17.1 Å². The number of carbonyl (C=O) groups is 3. The maximum Gasteiger partial charge on any atom is 0.341 e. The summed E-state index contributed by atoms with van der Waals surface area (Å²) in [5.41, 5.74) is 2.78. The number of nitrogens with zero attached hydrogens (tertiary/aromatic N) is 1. The lowest BCUT2D eigenvalue weighted by molar-refractivity contribution is -0.121. The number of thiocarbonyl (C=S) groups is 1. The van der Waals surface area contributed by atoms with E-state index < -0.39 is 0 Å². The van der Waals surface area contributed by atoms with Crippen molar-refractivity contribution in [3.8, 4) is 0 Å². The van der Waals surface area contributed by atoms with E-state index in [1.807, 2.05) is 0 Å². The van der Waals surface area contributed by atoms with Crippen molar-refractivity contribution >= 4 is 68.5 Å². The number of amides is 2. The van der Waals surface area contributed by atoms with Crippen LogP contribution in [0.2, 0.25) is 0 Å². The average molecular weight is 487 g/mol. The van der Waals surface area contributed by atoms with E-state index in [4.69, 9.17) is 17.0 Å². The second-order valence-electron chi connectivity index (χ2n) is 7.45. The maximum absolute atomic E-state index is 12.9. The van der Waals surface area contributed by atoms with Gasteiger partial charge in [0.1, 0.15) is 9.32 Å². The van der Waals surface area contributed by atoms with Crippen LogP contribution in [-0.4, -0.2) is 40.7 Å². The molecule has 32 heavy (non-hydrogen) atoms. The molecule has 166 valence electrons. The number of anilines is 1. The fourth-order valence-electron chi connectivity index (χ4n) is 3.68. The number of esters is 1. The van der Waals surface area contributed by atoms with Crippen LogP contribution >= 0.6 is 35.3 Å². The van der Waals surface area contributed by atoms with Crippen molar-refractivity contribution < 1.29 is 19.1 Å². The Hall–Kier alpha value is -2.49. The number of rotatable bonds is 5. The van der Waals surface area contributed by atoms with Crippen LogP contribution in [0.25, 0.3) is 6.08 Å². The van der Waals surface area contributed by atoms with Crippen molar-refractivity contribution in [3.05, 3.63) is 56.3 Å². The van der Waals surface area contributed by atoms with Crippen LogP contribution in [0.3, 0.4) is 0 Å². The van der Waals surface area contributed by atoms with Crippen molar-refractivity contribution in [3.63, 3.8) is 0 Å². The summed E-state index contributed by atoms with van der Waals surface area (Å²) in [6.07, 6.45) is 5.62. The number of carbonyl (C=O) groups excluding carboxylic acids is 3. The fourth-order valence-corrected chi connectivity index (χ4v) is 6.13. The molecule has 1 saturated heterocycles. The summed E-state index contributed by atoms with van der Waals surface area (Å²) in [5.74, 6) is -0.804. The Balaban J connectivity index is 1.54. The zero-order valence-electron chi connectivity index (χ0n) is 17.7. The molecule has 4 rings (SSSR count). The smallest absolute Gasteiger partial charge is 0.341 e. The Labute approximate surface area is 200 Å². The Kier molecular flexibility index (Phi) is 6.78. The molecule has 1 N–H and O–H groups in total. The van der Waals surface area contributed by atoms with Crippen molar-refractivity contribution in [1.82, 2.24) is 4.90 Å². The zero-order valence-corrected chi connectivity index (χ0v) is 20.2. The molecule has 1 aliphatic carbocycles. The molecular formula is C23H22N2O4S3. The van der Waals surface area contributed by atoms with E-state index >= 15 is 0 Å². The molecule has 2 aliphatic rings. The lowest BCUT2D eigenvalue weighted by Crippen LogP contribution is -2.22. The van der Waals surface area contributed by atoms with Gasteiger partial charge in [-0.2, -0.15) is 0 Å². The predicted molar refractivity (Wildman–Crippen MR) is 132 cm³/mol. The molecule has 1 aliphatic heterocycles. The molecule has 0 unspecified atom stereocenters. The van der Waals surface area contributed by atoms with Gasteiger partial charge in [-0.25, -0.2) is 4.79 Å².